The van der Waals surface area contributed by atoms with Crippen molar-refractivity contribution in [3.05, 3.63) is 138 Å². The van der Waals surface area contributed by atoms with Crippen LogP contribution >= 0.6 is 0 Å². The molecule has 2 amide bonds. The third-order valence-corrected chi connectivity index (χ3v) is 11.4. The molecule has 3 aromatic carbocycles. The van der Waals surface area contributed by atoms with Crippen molar-refractivity contribution in [2.24, 2.45) is 4.99 Å². The molecule has 0 radical (unpaired) electrons. The summed E-state index contributed by atoms with van der Waals surface area (Å²) in [4.78, 5) is 53.7. The number of H-pyrrole nitrogens is 1. The number of nitrogens with one attached hydrogen (secondary N) is 1. The maximum absolute atomic E-state index is 13.9. The number of aromatic amines is 1. The molecule has 0 aliphatic carbocycles. The van der Waals surface area contributed by atoms with Crippen molar-refractivity contribution in [2.75, 3.05) is 41.3 Å². The molecule has 2 aliphatic heterocycles. The number of carbonyl (C=O) groups excluding carboxylic acids is 2. The topological polar surface area (TPSA) is 101 Å². The fraction of sp³-hybridized carbons (Fsp3) is 0.340. The second kappa shape index (κ2) is 17.6. The van der Waals surface area contributed by atoms with Crippen LogP contribution in [-0.2, 0) is 9.59 Å². The predicted molar refractivity (Wildman–Crippen MR) is 228 cm³/mol. The molecular formula is C47H54N8O2. The van der Waals surface area contributed by atoms with Gasteiger partial charge in [-0.15, -0.1) is 0 Å². The molecule has 7 rings (SSSR count). The normalized spacial score (nSPS) is 18.7. The van der Waals surface area contributed by atoms with Gasteiger partial charge in [-0.05, 0) is 102 Å². The Bertz CT molecular complexity index is 2190. The quantitative estimate of drug-likeness (QED) is 0.129. The molecule has 1 N–H and O–H groups in total. The summed E-state index contributed by atoms with van der Waals surface area (Å²) in [6, 6.07) is 31.6. The number of allylic oxidation sites excluding steroid dienone is 1. The van der Waals surface area contributed by atoms with Gasteiger partial charge in [0.1, 0.15) is 17.9 Å². The van der Waals surface area contributed by atoms with E-state index in [0.717, 1.165) is 88.5 Å². The lowest BCUT2D eigenvalue weighted by Gasteiger charge is -2.32. The van der Waals surface area contributed by atoms with Crippen molar-refractivity contribution in [3.63, 3.8) is 0 Å². The number of pyridine rings is 1. The highest BCUT2D eigenvalue weighted by atomic mass is 16.2. The van der Waals surface area contributed by atoms with Gasteiger partial charge in [-0.1, -0.05) is 91.0 Å². The number of rotatable bonds is 12. The SMILES string of the molecule is CC(=N/C=C(\C)c1ccc(-c2ccc(-c3cnc([C@@H]4CCCN4C(=O)[C@@H](c4ccccc4)N(C)C)[nH]3)cc2)nc1)[C@@H]1CCCN1C(=O)[C@@H](c1ccccc1)N(C)C. The Balaban J connectivity index is 0.994. The van der Waals surface area contributed by atoms with Gasteiger partial charge in [0.2, 0.25) is 11.8 Å². The van der Waals surface area contributed by atoms with Crippen molar-refractivity contribution in [3.8, 4) is 22.5 Å². The van der Waals surface area contributed by atoms with E-state index in [-0.39, 0.29) is 36.0 Å². The number of carbonyl (C=O) groups is 2. The van der Waals surface area contributed by atoms with Gasteiger partial charge in [-0.25, -0.2) is 4.98 Å². The van der Waals surface area contributed by atoms with Crippen molar-refractivity contribution in [1.29, 1.82) is 0 Å². The molecule has 10 nitrogen and oxygen atoms in total. The molecule has 2 fully saturated rings. The molecule has 0 bridgehead atoms. The third-order valence-electron chi connectivity index (χ3n) is 11.4. The first kappa shape index (κ1) is 39.5. The van der Waals surface area contributed by atoms with E-state index < -0.39 is 0 Å². The minimum Gasteiger partial charge on any atom is -0.340 e. The van der Waals surface area contributed by atoms with Crippen LogP contribution in [0.4, 0.5) is 0 Å². The highest BCUT2D eigenvalue weighted by Crippen LogP contribution is 2.35. The molecular weight excluding hydrogens is 709 g/mol. The monoisotopic (exact) mass is 762 g/mol. The summed E-state index contributed by atoms with van der Waals surface area (Å²) >= 11 is 0. The summed E-state index contributed by atoms with van der Waals surface area (Å²) in [5.41, 5.74) is 8.77. The first-order chi connectivity index (χ1) is 27.6. The molecule has 4 heterocycles. The lowest BCUT2D eigenvalue weighted by atomic mass is 10.0. The second-order valence-corrected chi connectivity index (χ2v) is 15.7. The molecule has 2 saturated heterocycles. The fourth-order valence-electron chi connectivity index (χ4n) is 8.32. The number of hydrogen-bond donors (Lipinski definition) is 1. The van der Waals surface area contributed by atoms with Gasteiger partial charge in [0.25, 0.3) is 0 Å². The Labute approximate surface area is 337 Å². The number of aromatic nitrogens is 3. The van der Waals surface area contributed by atoms with Crippen LogP contribution in [0.15, 0.2) is 121 Å². The van der Waals surface area contributed by atoms with Crippen LogP contribution in [0.5, 0.6) is 0 Å². The largest absolute Gasteiger partial charge is 0.340 e. The summed E-state index contributed by atoms with van der Waals surface area (Å²) < 4.78 is 0. The summed E-state index contributed by atoms with van der Waals surface area (Å²) in [6.45, 7) is 5.52. The van der Waals surface area contributed by atoms with Gasteiger partial charge < -0.3 is 14.8 Å². The molecule has 57 heavy (non-hydrogen) atoms. The Morgan fingerprint density at radius 1 is 0.719 bits per heavy atom. The van der Waals surface area contributed by atoms with Gasteiger partial charge in [0, 0.05) is 36.8 Å². The summed E-state index contributed by atoms with van der Waals surface area (Å²) in [6.07, 6.45) is 9.34. The summed E-state index contributed by atoms with van der Waals surface area (Å²) in [5.74, 6) is 1.04. The first-order valence-electron chi connectivity index (χ1n) is 20.0. The number of benzene rings is 3. The lowest BCUT2D eigenvalue weighted by Crippen LogP contribution is -2.45. The van der Waals surface area contributed by atoms with E-state index in [1.54, 1.807) is 0 Å². The average molecular weight is 763 g/mol. The number of nitrogens with zero attached hydrogens (tertiary/aromatic N) is 7. The summed E-state index contributed by atoms with van der Waals surface area (Å²) in [7, 11) is 7.84. The smallest absolute Gasteiger partial charge is 0.245 e. The maximum Gasteiger partial charge on any atom is 0.245 e. The Morgan fingerprint density at radius 2 is 1.30 bits per heavy atom. The van der Waals surface area contributed by atoms with Crippen LogP contribution < -0.4 is 0 Å². The predicted octanol–water partition coefficient (Wildman–Crippen LogP) is 8.22. The minimum atomic E-state index is -0.345. The number of imidazole rings is 1. The van der Waals surface area contributed by atoms with Crippen LogP contribution in [0.1, 0.15) is 80.2 Å². The first-order valence-corrected chi connectivity index (χ1v) is 20.0. The lowest BCUT2D eigenvalue weighted by molar-refractivity contribution is -0.137. The van der Waals surface area contributed by atoms with Crippen molar-refractivity contribution in [2.45, 2.75) is 63.7 Å². The zero-order chi connectivity index (χ0) is 40.1. The molecule has 10 heteroatoms. The van der Waals surface area contributed by atoms with Crippen LogP contribution in [0.2, 0.25) is 0 Å². The zero-order valence-electron chi connectivity index (χ0n) is 34.0. The van der Waals surface area contributed by atoms with E-state index in [2.05, 4.69) is 35.3 Å². The second-order valence-electron chi connectivity index (χ2n) is 15.7. The third kappa shape index (κ3) is 8.67. The van der Waals surface area contributed by atoms with Crippen LogP contribution in [0, 0.1) is 0 Å². The molecule has 294 valence electrons. The Hall–Kier alpha value is -5.71. The standard InChI is InChI=1S/C47H54N8O2/c1-32(29-48-33(2)41-19-13-27-54(41)46(56)43(52(3)4)36-15-9-7-10-16-36)38-25-26-39(49-30-38)34-21-23-35(24-22-34)40-31-50-45(51-40)42-20-14-28-55(42)47(57)44(53(5)6)37-17-11-8-12-18-37/h7-12,15-18,21-26,29-31,41-44H,13-14,19-20,27-28H2,1-6H3,(H,50,51)/b32-29+,48-33?/t41-,42-,43+,44+/m0/s1. The number of amides is 2. The van der Waals surface area contributed by atoms with Gasteiger partial charge in [0.15, 0.2) is 0 Å². The summed E-state index contributed by atoms with van der Waals surface area (Å²) in [5, 5.41) is 0. The highest BCUT2D eigenvalue weighted by Gasteiger charge is 2.38. The number of likely N-dealkylation sites (tertiary alicyclic amines) is 2. The molecule has 0 spiro atoms. The van der Waals surface area contributed by atoms with E-state index in [4.69, 9.17) is 15.0 Å². The zero-order valence-corrected chi connectivity index (χ0v) is 34.0. The van der Waals surface area contributed by atoms with Gasteiger partial charge in [0.05, 0.1) is 29.7 Å². The molecule has 0 saturated carbocycles. The molecule has 2 aliphatic rings. The van der Waals surface area contributed by atoms with Gasteiger partial charge >= 0.3 is 0 Å². The maximum atomic E-state index is 13.9. The van der Waals surface area contributed by atoms with Gasteiger partial charge in [-0.2, -0.15) is 0 Å². The molecule has 4 atom stereocenters. The van der Waals surface area contributed by atoms with Crippen molar-refractivity contribution >= 4 is 23.1 Å². The van der Waals surface area contributed by atoms with Crippen LogP contribution in [-0.4, -0.2) is 99.4 Å². The van der Waals surface area contributed by atoms with E-state index in [9.17, 15) is 9.59 Å². The Morgan fingerprint density at radius 3 is 1.89 bits per heavy atom. The van der Waals surface area contributed by atoms with Crippen molar-refractivity contribution < 1.29 is 9.59 Å². The highest BCUT2D eigenvalue weighted by molar-refractivity contribution is 5.94. The molecule has 5 aromatic rings. The number of hydrogen-bond acceptors (Lipinski definition) is 7. The fourth-order valence-corrected chi connectivity index (χ4v) is 8.32. The number of likely N-dealkylation sites (N-methyl/N-ethyl adjacent to an activating group) is 2. The van der Waals surface area contributed by atoms with E-state index in [1.165, 1.54) is 0 Å². The van der Waals surface area contributed by atoms with E-state index >= 15 is 0 Å². The van der Waals surface area contributed by atoms with Crippen LogP contribution in [0.3, 0.4) is 0 Å². The van der Waals surface area contributed by atoms with Crippen LogP contribution in [0.25, 0.3) is 28.1 Å². The van der Waals surface area contributed by atoms with Crippen molar-refractivity contribution in [1.82, 2.24) is 34.6 Å². The molecule has 0 unspecified atom stereocenters. The van der Waals surface area contributed by atoms with E-state index in [1.807, 2.05) is 147 Å². The van der Waals surface area contributed by atoms with E-state index in [0.29, 0.717) is 6.54 Å². The average Bonchev–Trinajstić information content (AvgIpc) is 4.03. The molecule has 2 aromatic heterocycles. The Kier molecular flexibility index (Phi) is 12.2. The number of aliphatic imine (C=N–C) groups is 1. The van der Waals surface area contributed by atoms with Gasteiger partial charge in [-0.3, -0.25) is 29.4 Å². The minimum absolute atomic E-state index is 0.0214.